The summed E-state index contributed by atoms with van der Waals surface area (Å²) in [4.78, 5) is 31.3. The van der Waals surface area contributed by atoms with Crippen molar-refractivity contribution in [3.8, 4) is 17.3 Å². The molecule has 0 aliphatic carbocycles. The van der Waals surface area contributed by atoms with Crippen molar-refractivity contribution in [2.24, 2.45) is 0 Å². The molecule has 1 amide bonds. The van der Waals surface area contributed by atoms with E-state index in [9.17, 15) is 14.3 Å². The van der Waals surface area contributed by atoms with Gasteiger partial charge in [0.15, 0.2) is 11.5 Å². The van der Waals surface area contributed by atoms with E-state index < -0.39 is 5.41 Å². The Labute approximate surface area is 214 Å². The number of carbonyl (C=O) groups excluding carboxylic acids is 1. The van der Waals surface area contributed by atoms with E-state index in [1.54, 1.807) is 54.2 Å². The molecule has 9 nitrogen and oxygen atoms in total. The smallest absolute Gasteiger partial charge is 0.240 e. The summed E-state index contributed by atoms with van der Waals surface area (Å²) >= 11 is 6.11. The first-order valence-electron chi connectivity index (χ1n) is 11.3. The number of imidazole rings is 1. The normalized spacial score (nSPS) is 16.7. The lowest BCUT2D eigenvalue weighted by Gasteiger charge is -2.23. The quantitative estimate of drug-likeness (QED) is 0.328. The molecule has 5 aromatic rings. The molecule has 11 heteroatoms. The zero-order valence-electron chi connectivity index (χ0n) is 19.4. The van der Waals surface area contributed by atoms with Crippen LogP contribution in [0.3, 0.4) is 0 Å². The van der Waals surface area contributed by atoms with Crippen molar-refractivity contribution in [3.05, 3.63) is 94.3 Å². The molecule has 37 heavy (non-hydrogen) atoms. The molecule has 0 bridgehead atoms. The number of benzene rings is 2. The number of rotatable bonds is 4. The third kappa shape index (κ3) is 3.56. The third-order valence-electron chi connectivity index (χ3n) is 6.64. The molecule has 1 atom stereocenters. The van der Waals surface area contributed by atoms with E-state index in [0.29, 0.717) is 33.7 Å². The molecule has 0 fully saturated rings. The molecule has 2 aromatic carbocycles. The van der Waals surface area contributed by atoms with Crippen LogP contribution in [0.1, 0.15) is 29.3 Å². The summed E-state index contributed by atoms with van der Waals surface area (Å²) in [6, 6.07) is 11.0. The highest BCUT2D eigenvalue weighted by molar-refractivity contribution is 6.32. The predicted octanol–water partition coefficient (Wildman–Crippen LogP) is 4.12. The summed E-state index contributed by atoms with van der Waals surface area (Å²) in [5, 5.41) is 12.7. The molecule has 1 aliphatic rings. The van der Waals surface area contributed by atoms with Gasteiger partial charge in [-0.15, -0.1) is 0 Å². The maximum atomic E-state index is 14.4. The second-order valence-electron chi connectivity index (χ2n) is 8.90. The van der Waals surface area contributed by atoms with E-state index in [1.807, 2.05) is 0 Å². The summed E-state index contributed by atoms with van der Waals surface area (Å²) in [5.41, 5.74) is 8.06. The number of fused-ring (bicyclic) bond motifs is 2. The number of aromatic hydroxyl groups is 1. The van der Waals surface area contributed by atoms with Crippen molar-refractivity contribution >= 4 is 34.8 Å². The first-order valence-corrected chi connectivity index (χ1v) is 11.7. The minimum atomic E-state index is -1.23. The van der Waals surface area contributed by atoms with Gasteiger partial charge in [-0.2, -0.15) is 0 Å². The van der Waals surface area contributed by atoms with Gasteiger partial charge in [0.05, 0.1) is 16.3 Å². The van der Waals surface area contributed by atoms with Crippen LogP contribution in [0, 0.1) is 5.82 Å². The zero-order chi connectivity index (χ0) is 25.9. The topological polar surface area (TPSA) is 131 Å². The standard InChI is InChI=1S/C26H19ClFN7O2/c1-26(14-6-7-19(36)15(27)11-14)20-21(29)32-22(33-23(20)34-25(26)37)18-12-35-9-8-30-24(35)17(31-18)10-13-4-2-3-5-16(13)28/h2-9,11-12,36H,10H2,1H3,(H3,29,32,33,34,37). The van der Waals surface area contributed by atoms with E-state index in [0.717, 1.165) is 0 Å². The number of nitrogens with two attached hydrogens (primary N) is 1. The number of phenols is 1. The van der Waals surface area contributed by atoms with Crippen LogP contribution in [0.2, 0.25) is 5.02 Å². The number of nitrogens with zero attached hydrogens (tertiary/aromatic N) is 5. The highest BCUT2D eigenvalue weighted by Gasteiger charge is 2.47. The number of hydrogen-bond donors (Lipinski definition) is 3. The molecule has 6 rings (SSSR count). The Kier molecular flexibility index (Phi) is 5.09. The number of anilines is 2. The van der Waals surface area contributed by atoms with Gasteiger partial charge in [0, 0.05) is 25.0 Å². The van der Waals surface area contributed by atoms with Crippen LogP contribution in [0.5, 0.6) is 5.75 Å². The van der Waals surface area contributed by atoms with Crippen LogP contribution < -0.4 is 11.1 Å². The highest BCUT2D eigenvalue weighted by atomic mass is 35.5. The Hall–Kier alpha value is -4.57. The minimum absolute atomic E-state index is 0.0910. The number of hydrogen-bond acceptors (Lipinski definition) is 7. The van der Waals surface area contributed by atoms with Crippen LogP contribution in [0.4, 0.5) is 16.0 Å². The minimum Gasteiger partial charge on any atom is -0.506 e. The number of aromatic nitrogens is 5. The molecule has 184 valence electrons. The van der Waals surface area contributed by atoms with Gasteiger partial charge in [-0.3, -0.25) is 4.79 Å². The Morgan fingerprint density at radius 3 is 2.78 bits per heavy atom. The van der Waals surface area contributed by atoms with Crippen molar-refractivity contribution in [1.29, 1.82) is 0 Å². The summed E-state index contributed by atoms with van der Waals surface area (Å²) in [7, 11) is 0. The molecule has 1 unspecified atom stereocenters. The Morgan fingerprint density at radius 2 is 2.00 bits per heavy atom. The van der Waals surface area contributed by atoms with E-state index in [2.05, 4.69) is 20.3 Å². The molecule has 0 spiro atoms. The van der Waals surface area contributed by atoms with Crippen molar-refractivity contribution in [3.63, 3.8) is 0 Å². The fourth-order valence-electron chi connectivity index (χ4n) is 4.66. The van der Waals surface area contributed by atoms with Gasteiger partial charge in [0.2, 0.25) is 5.91 Å². The van der Waals surface area contributed by atoms with E-state index >= 15 is 0 Å². The first-order chi connectivity index (χ1) is 17.8. The summed E-state index contributed by atoms with van der Waals surface area (Å²) < 4.78 is 16.1. The second kappa shape index (κ2) is 8.24. The SMILES string of the molecule is CC1(c2ccc(O)c(Cl)c2)C(=O)Nc2nc(-c3cn4ccnc4c(Cc4ccccc4F)n3)nc(N)c21. The summed E-state index contributed by atoms with van der Waals surface area (Å²) in [5.74, 6) is -0.265. The largest absolute Gasteiger partial charge is 0.506 e. The van der Waals surface area contributed by atoms with Crippen LogP contribution in [-0.4, -0.2) is 35.4 Å². The molecular weight excluding hydrogens is 497 g/mol. The monoisotopic (exact) mass is 515 g/mol. The van der Waals surface area contributed by atoms with Crippen molar-refractivity contribution < 1.29 is 14.3 Å². The van der Waals surface area contributed by atoms with Crippen molar-refractivity contribution in [2.45, 2.75) is 18.8 Å². The van der Waals surface area contributed by atoms with Gasteiger partial charge < -0.3 is 20.6 Å². The van der Waals surface area contributed by atoms with Crippen molar-refractivity contribution in [1.82, 2.24) is 24.3 Å². The van der Waals surface area contributed by atoms with E-state index in [4.69, 9.17) is 22.3 Å². The lowest BCUT2D eigenvalue weighted by Crippen LogP contribution is -2.33. The van der Waals surface area contributed by atoms with Gasteiger partial charge in [0.25, 0.3) is 0 Å². The van der Waals surface area contributed by atoms with E-state index in [-0.39, 0.29) is 46.4 Å². The van der Waals surface area contributed by atoms with Crippen LogP contribution in [0.15, 0.2) is 61.1 Å². The maximum Gasteiger partial charge on any atom is 0.240 e. The number of phenolic OH excluding ortho intramolecular Hbond substituents is 1. The van der Waals surface area contributed by atoms with E-state index in [1.165, 1.54) is 18.2 Å². The molecule has 0 saturated heterocycles. The average molecular weight is 516 g/mol. The number of halogens is 2. The first kappa shape index (κ1) is 22.9. The van der Waals surface area contributed by atoms with Crippen LogP contribution in [0.25, 0.3) is 17.2 Å². The average Bonchev–Trinajstić information content (AvgIpc) is 3.45. The Balaban J connectivity index is 1.47. The number of nitrogens with one attached hydrogen (secondary N) is 1. The predicted molar refractivity (Wildman–Crippen MR) is 136 cm³/mol. The third-order valence-corrected chi connectivity index (χ3v) is 6.94. The highest BCUT2D eigenvalue weighted by Crippen LogP contribution is 2.46. The summed E-state index contributed by atoms with van der Waals surface area (Å²) in [6.07, 6.45) is 5.27. The molecular formula is C26H19ClFN7O2. The second-order valence-corrected chi connectivity index (χ2v) is 9.31. The summed E-state index contributed by atoms with van der Waals surface area (Å²) in [6.45, 7) is 1.69. The fourth-order valence-corrected chi connectivity index (χ4v) is 4.84. The molecule has 3 aromatic heterocycles. The number of nitrogen functional groups attached to an aromatic ring is 1. The maximum absolute atomic E-state index is 14.4. The molecule has 4 N–H and O–H groups in total. The molecule has 4 heterocycles. The number of carbonyl (C=O) groups is 1. The fraction of sp³-hybridized carbons (Fsp3) is 0.115. The van der Waals surface area contributed by atoms with Gasteiger partial charge in [-0.05, 0) is 36.2 Å². The van der Waals surface area contributed by atoms with Gasteiger partial charge >= 0.3 is 0 Å². The van der Waals surface area contributed by atoms with Gasteiger partial charge in [-0.25, -0.2) is 24.3 Å². The zero-order valence-corrected chi connectivity index (χ0v) is 20.2. The molecule has 1 aliphatic heterocycles. The van der Waals surface area contributed by atoms with Gasteiger partial charge in [-0.1, -0.05) is 35.9 Å². The lowest BCUT2D eigenvalue weighted by atomic mass is 9.77. The Morgan fingerprint density at radius 1 is 1.19 bits per heavy atom. The van der Waals surface area contributed by atoms with Gasteiger partial charge in [0.1, 0.15) is 34.3 Å². The molecule has 0 radical (unpaired) electrons. The van der Waals surface area contributed by atoms with Crippen LogP contribution in [-0.2, 0) is 16.6 Å². The lowest BCUT2D eigenvalue weighted by molar-refractivity contribution is -0.119. The number of amides is 1. The Bertz CT molecular complexity index is 1740. The van der Waals surface area contributed by atoms with Crippen LogP contribution >= 0.6 is 11.6 Å². The van der Waals surface area contributed by atoms with Crippen molar-refractivity contribution in [2.75, 3.05) is 11.1 Å². The molecule has 0 saturated carbocycles.